The molecular formula is C18H23N5O2. The second kappa shape index (κ2) is 6.48. The summed E-state index contributed by atoms with van der Waals surface area (Å²) in [7, 11) is 0. The summed E-state index contributed by atoms with van der Waals surface area (Å²) in [4.78, 5) is 39.3. The number of piperidine rings is 1. The van der Waals surface area contributed by atoms with Crippen LogP contribution >= 0.6 is 0 Å². The Morgan fingerprint density at radius 2 is 2.16 bits per heavy atom. The molecule has 0 spiro atoms. The first-order valence-corrected chi connectivity index (χ1v) is 8.81. The second-order valence-electron chi connectivity index (χ2n) is 7.14. The Morgan fingerprint density at radius 1 is 1.28 bits per heavy atom. The van der Waals surface area contributed by atoms with E-state index in [4.69, 9.17) is 0 Å². The van der Waals surface area contributed by atoms with Crippen molar-refractivity contribution in [2.75, 3.05) is 19.6 Å². The molecule has 0 unspecified atom stereocenters. The number of aryl methyl sites for hydroxylation is 1. The highest BCUT2D eigenvalue weighted by molar-refractivity contribution is 5.94. The van der Waals surface area contributed by atoms with Gasteiger partial charge in [-0.3, -0.25) is 14.5 Å². The molecule has 2 aromatic heterocycles. The van der Waals surface area contributed by atoms with Crippen LogP contribution in [0.15, 0.2) is 29.5 Å². The zero-order valence-corrected chi connectivity index (χ0v) is 14.4. The minimum Gasteiger partial charge on any atom is -0.348 e. The third-order valence-corrected chi connectivity index (χ3v) is 5.41. The molecule has 3 fully saturated rings. The van der Waals surface area contributed by atoms with Crippen molar-refractivity contribution in [1.82, 2.24) is 24.8 Å². The molecule has 132 valence electrons. The number of nitrogens with zero attached hydrogens (tertiary/aromatic N) is 3. The average Bonchev–Trinajstić information content (AvgIpc) is 2.82. The van der Waals surface area contributed by atoms with Crippen LogP contribution < -0.4 is 5.56 Å². The first-order chi connectivity index (χ1) is 12.1. The van der Waals surface area contributed by atoms with Crippen molar-refractivity contribution < 1.29 is 4.79 Å². The highest BCUT2D eigenvalue weighted by Crippen LogP contribution is 2.29. The topological polar surface area (TPSA) is 85.1 Å². The van der Waals surface area contributed by atoms with Crippen LogP contribution in [0.25, 0.3) is 0 Å². The Labute approximate surface area is 146 Å². The Balaban J connectivity index is 1.53. The zero-order chi connectivity index (χ0) is 17.4. The Kier molecular flexibility index (Phi) is 4.17. The minimum atomic E-state index is -0.309. The van der Waals surface area contributed by atoms with E-state index in [0.717, 1.165) is 50.4 Å². The number of rotatable bonds is 3. The number of hydrogen-bond donors (Lipinski definition) is 2. The van der Waals surface area contributed by atoms with Crippen LogP contribution in [0, 0.1) is 12.8 Å². The van der Waals surface area contributed by atoms with Gasteiger partial charge in [0.05, 0.1) is 12.0 Å². The first kappa shape index (κ1) is 16.1. The van der Waals surface area contributed by atoms with Gasteiger partial charge in [0.1, 0.15) is 5.56 Å². The molecule has 2 bridgehead atoms. The van der Waals surface area contributed by atoms with Crippen LogP contribution in [0.3, 0.4) is 0 Å². The van der Waals surface area contributed by atoms with Gasteiger partial charge in [0, 0.05) is 44.1 Å². The van der Waals surface area contributed by atoms with Gasteiger partial charge >= 0.3 is 0 Å². The number of nitrogens with one attached hydrogen (secondary N) is 2. The molecule has 7 nitrogen and oxygen atoms in total. The number of carbonyl (C=O) groups is 1. The van der Waals surface area contributed by atoms with Gasteiger partial charge in [-0.15, -0.1) is 0 Å². The Morgan fingerprint density at radius 3 is 2.92 bits per heavy atom. The largest absolute Gasteiger partial charge is 0.348 e. The molecule has 5 rings (SSSR count). The maximum Gasteiger partial charge on any atom is 0.260 e. The van der Waals surface area contributed by atoms with Gasteiger partial charge < -0.3 is 14.9 Å². The number of aromatic nitrogens is 3. The van der Waals surface area contributed by atoms with Crippen molar-refractivity contribution in [3.05, 3.63) is 52.0 Å². The molecule has 0 aromatic carbocycles. The highest BCUT2D eigenvalue weighted by Gasteiger charge is 2.38. The standard InChI is InChI=1S/C18H23N5O2/c1-12-16(21-11-20-12)10-22-7-13-4-5-14(9-22)23(8-13)18(25)15-3-2-6-19-17(15)24/h2-3,6,11,13-14H,4-5,7-10H2,1H3,(H,19,24)(H,20,21)/t13-,14+/m1/s1. The Hall–Kier alpha value is -2.41. The summed E-state index contributed by atoms with van der Waals surface area (Å²) in [5.41, 5.74) is 2.10. The van der Waals surface area contributed by atoms with Gasteiger partial charge in [-0.1, -0.05) is 0 Å². The van der Waals surface area contributed by atoms with Crippen molar-refractivity contribution >= 4 is 5.91 Å². The summed E-state index contributed by atoms with van der Waals surface area (Å²) in [6.07, 6.45) is 5.42. The maximum atomic E-state index is 12.9. The van der Waals surface area contributed by atoms with E-state index in [1.807, 2.05) is 11.8 Å². The maximum absolute atomic E-state index is 12.9. The van der Waals surface area contributed by atoms with E-state index in [2.05, 4.69) is 19.9 Å². The molecular weight excluding hydrogens is 318 g/mol. The van der Waals surface area contributed by atoms with Gasteiger partial charge in [-0.25, -0.2) is 4.98 Å². The van der Waals surface area contributed by atoms with Gasteiger partial charge in [0.25, 0.3) is 11.5 Å². The SMILES string of the molecule is Cc1[nH]cnc1CN1C[C@H]2CC[C@@H](C1)N(C(=O)c1ccc[nH]c1=O)C2. The summed E-state index contributed by atoms with van der Waals surface area (Å²) in [5, 5.41) is 0. The predicted octanol–water partition coefficient (Wildman–Crippen LogP) is 1.14. The van der Waals surface area contributed by atoms with Crippen molar-refractivity contribution in [3.63, 3.8) is 0 Å². The lowest BCUT2D eigenvalue weighted by atomic mass is 9.94. The van der Waals surface area contributed by atoms with E-state index in [-0.39, 0.29) is 23.1 Å². The van der Waals surface area contributed by atoms with Gasteiger partial charge in [0.15, 0.2) is 0 Å². The molecule has 3 aliphatic rings. The predicted molar refractivity (Wildman–Crippen MR) is 93.2 cm³/mol. The van der Waals surface area contributed by atoms with E-state index >= 15 is 0 Å². The van der Waals surface area contributed by atoms with Crippen LogP contribution in [-0.2, 0) is 6.54 Å². The molecule has 5 heterocycles. The quantitative estimate of drug-likeness (QED) is 0.877. The number of hydrogen-bond acceptors (Lipinski definition) is 4. The van der Waals surface area contributed by atoms with E-state index in [1.165, 1.54) is 0 Å². The number of amides is 1. The first-order valence-electron chi connectivity index (χ1n) is 8.81. The van der Waals surface area contributed by atoms with Gasteiger partial charge in [-0.05, 0) is 37.8 Å². The van der Waals surface area contributed by atoms with Crippen molar-refractivity contribution in [2.24, 2.45) is 5.92 Å². The molecule has 0 saturated carbocycles. The number of fused-ring (bicyclic) bond motifs is 4. The normalized spacial score (nSPS) is 23.6. The number of pyridine rings is 1. The van der Waals surface area contributed by atoms with Crippen molar-refractivity contribution in [1.29, 1.82) is 0 Å². The van der Waals surface area contributed by atoms with E-state index in [0.29, 0.717) is 5.92 Å². The fraction of sp³-hybridized carbons (Fsp3) is 0.500. The third kappa shape index (κ3) is 3.11. The lowest BCUT2D eigenvalue weighted by Crippen LogP contribution is -2.48. The molecule has 0 radical (unpaired) electrons. The summed E-state index contributed by atoms with van der Waals surface area (Å²) in [6.45, 7) is 5.37. The summed E-state index contributed by atoms with van der Waals surface area (Å²) < 4.78 is 0. The molecule has 1 amide bonds. The molecule has 2 N–H and O–H groups in total. The zero-order valence-electron chi connectivity index (χ0n) is 14.4. The summed E-state index contributed by atoms with van der Waals surface area (Å²) in [6, 6.07) is 3.48. The van der Waals surface area contributed by atoms with E-state index in [9.17, 15) is 9.59 Å². The summed E-state index contributed by atoms with van der Waals surface area (Å²) >= 11 is 0. The second-order valence-corrected chi connectivity index (χ2v) is 7.14. The monoisotopic (exact) mass is 341 g/mol. The lowest BCUT2D eigenvalue weighted by molar-refractivity contribution is 0.0583. The Bertz CT molecular complexity index is 827. The average molecular weight is 341 g/mol. The molecule has 3 aliphatic heterocycles. The van der Waals surface area contributed by atoms with E-state index in [1.54, 1.807) is 24.7 Å². The smallest absolute Gasteiger partial charge is 0.260 e. The van der Waals surface area contributed by atoms with Gasteiger partial charge in [0.2, 0.25) is 0 Å². The molecule has 0 aliphatic carbocycles. The third-order valence-electron chi connectivity index (χ3n) is 5.41. The number of imidazole rings is 1. The van der Waals surface area contributed by atoms with Crippen LogP contribution in [-0.4, -0.2) is 56.3 Å². The molecule has 7 heteroatoms. The van der Waals surface area contributed by atoms with Crippen LogP contribution in [0.5, 0.6) is 0 Å². The highest BCUT2D eigenvalue weighted by atomic mass is 16.2. The number of H-pyrrole nitrogens is 2. The summed E-state index contributed by atoms with van der Waals surface area (Å²) in [5.74, 6) is 0.305. The van der Waals surface area contributed by atoms with E-state index < -0.39 is 0 Å². The number of carbonyl (C=O) groups excluding carboxylic acids is 1. The van der Waals surface area contributed by atoms with Gasteiger partial charge in [-0.2, -0.15) is 0 Å². The van der Waals surface area contributed by atoms with Crippen LogP contribution in [0.2, 0.25) is 0 Å². The molecule has 25 heavy (non-hydrogen) atoms. The molecule has 3 saturated heterocycles. The minimum absolute atomic E-state index is 0.144. The van der Waals surface area contributed by atoms with Crippen LogP contribution in [0.4, 0.5) is 0 Å². The van der Waals surface area contributed by atoms with Crippen molar-refractivity contribution in [3.8, 4) is 0 Å². The fourth-order valence-corrected chi connectivity index (χ4v) is 4.06. The fourth-order valence-electron chi connectivity index (χ4n) is 4.06. The van der Waals surface area contributed by atoms with Crippen LogP contribution in [0.1, 0.15) is 34.6 Å². The molecule has 2 atom stereocenters. The molecule has 2 aromatic rings. The number of aromatic amines is 2. The lowest BCUT2D eigenvalue weighted by Gasteiger charge is -2.36. The van der Waals surface area contributed by atoms with Crippen molar-refractivity contribution in [2.45, 2.75) is 32.4 Å².